The number of hydrogen-bond acceptors (Lipinski definition) is 5. The molecule has 150 valence electrons. The third-order valence-corrected chi connectivity index (χ3v) is 6.42. The molecule has 3 heterocycles. The van der Waals surface area contributed by atoms with Crippen LogP contribution in [0.1, 0.15) is 38.3 Å². The lowest BCUT2D eigenvalue weighted by atomic mass is 9.74. The van der Waals surface area contributed by atoms with Gasteiger partial charge in [-0.25, -0.2) is 9.97 Å². The minimum atomic E-state index is -0.116. The Hall–Kier alpha value is -2.15. The van der Waals surface area contributed by atoms with E-state index in [4.69, 9.17) is 11.6 Å². The highest BCUT2D eigenvalue weighted by molar-refractivity contribution is 6.20. The molecule has 7 nitrogen and oxygen atoms in total. The predicted octanol–water partition coefficient (Wildman–Crippen LogP) is 2.90. The van der Waals surface area contributed by atoms with Gasteiger partial charge in [0.15, 0.2) is 0 Å². The molecule has 8 heteroatoms. The molecule has 4 unspecified atom stereocenters. The lowest BCUT2D eigenvalue weighted by Crippen LogP contribution is -2.55. The summed E-state index contributed by atoms with van der Waals surface area (Å²) in [5, 5.41) is 11.2. The minimum Gasteiger partial charge on any atom is -0.353 e. The van der Waals surface area contributed by atoms with Gasteiger partial charge in [0, 0.05) is 30.7 Å². The molecule has 0 bridgehead atoms. The van der Waals surface area contributed by atoms with Crippen molar-refractivity contribution in [1.82, 2.24) is 25.1 Å². The third kappa shape index (κ3) is 3.85. The molecule has 1 saturated carbocycles. The molecule has 28 heavy (non-hydrogen) atoms. The molecule has 0 radical (unpaired) electrons. The smallest absolute Gasteiger partial charge is 0.225 e. The van der Waals surface area contributed by atoms with Crippen molar-refractivity contribution >= 4 is 23.5 Å². The van der Waals surface area contributed by atoms with E-state index in [1.54, 1.807) is 6.20 Å². The van der Waals surface area contributed by atoms with Gasteiger partial charge in [0.25, 0.3) is 0 Å². The number of halogens is 1. The lowest BCUT2D eigenvalue weighted by Gasteiger charge is -2.42. The SMILES string of the molecule is Cc1cc(-c2ccnc(N[C@@H](C)C3CC4CC(Cl)CCC4NC3=O)n2)n(C)n1. The van der Waals surface area contributed by atoms with Gasteiger partial charge in [-0.05, 0) is 57.6 Å². The first-order valence-electron chi connectivity index (χ1n) is 9.95. The average Bonchev–Trinajstić information content (AvgIpc) is 3.00. The van der Waals surface area contributed by atoms with Crippen LogP contribution in [-0.4, -0.2) is 43.1 Å². The maximum absolute atomic E-state index is 12.7. The fraction of sp³-hybridized carbons (Fsp3) is 0.600. The molecule has 0 spiro atoms. The largest absolute Gasteiger partial charge is 0.353 e. The van der Waals surface area contributed by atoms with Crippen molar-refractivity contribution < 1.29 is 4.79 Å². The number of nitrogens with one attached hydrogen (secondary N) is 2. The van der Waals surface area contributed by atoms with Crippen molar-refractivity contribution in [3.63, 3.8) is 0 Å². The highest BCUT2D eigenvalue weighted by Gasteiger charge is 2.41. The standard InChI is InChI=1S/C20H27ClN6O/c1-11-8-18(27(3)26-11)17-6-7-22-20(25-17)23-12(2)15-10-13-9-14(21)4-5-16(13)24-19(15)28/h6-8,12-16H,4-5,9-10H2,1-3H3,(H,24,28)(H,22,23,25)/t12-,13?,14?,15?,16?/m0/s1. The molecular weight excluding hydrogens is 376 g/mol. The number of piperidine rings is 1. The van der Waals surface area contributed by atoms with Crippen LogP contribution in [0.25, 0.3) is 11.4 Å². The Morgan fingerprint density at radius 3 is 2.93 bits per heavy atom. The summed E-state index contributed by atoms with van der Waals surface area (Å²) >= 11 is 6.36. The molecule has 2 aromatic rings. The molecule has 2 aliphatic rings. The molecule has 5 atom stereocenters. The monoisotopic (exact) mass is 402 g/mol. The number of amides is 1. The summed E-state index contributed by atoms with van der Waals surface area (Å²) in [6, 6.07) is 4.07. The van der Waals surface area contributed by atoms with E-state index in [9.17, 15) is 4.79 Å². The maximum Gasteiger partial charge on any atom is 0.225 e. The number of hydrogen-bond donors (Lipinski definition) is 2. The van der Waals surface area contributed by atoms with Gasteiger partial charge >= 0.3 is 0 Å². The van der Waals surface area contributed by atoms with Gasteiger partial charge in [-0.15, -0.1) is 11.6 Å². The summed E-state index contributed by atoms with van der Waals surface area (Å²) in [5.41, 5.74) is 2.68. The highest BCUT2D eigenvalue weighted by Crippen LogP contribution is 2.36. The van der Waals surface area contributed by atoms with Gasteiger partial charge in [-0.2, -0.15) is 5.10 Å². The van der Waals surface area contributed by atoms with Crippen LogP contribution in [0.4, 0.5) is 5.95 Å². The van der Waals surface area contributed by atoms with E-state index in [0.29, 0.717) is 11.9 Å². The van der Waals surface area contributed by atoms with Gasteiger partial charge in [0.05, 0.1) is 23.0 Å². The van der Waals surface area contributed by atoms with Gasteiger partial charge in [-0.3, -0.25) is 9.48 Å². The van der Waals surface area contributed by atoms with Crippen molar-refractivity contribution in [2.45, 2.75) is 57.0 Å². The summed E-state index contributed by atoms with van der Waals surface area (Å²) in [6.45, 7) is 3.98. The second-order valence-corrected chi connectivity index (χ2v) is 8.74. The van der Waals surface area contributed by atoms with Crippen molar-refractivity contribution in [1.29, 1.82) is 0 Å². The zero-order valence-electron chi connectivity index (χ0n) is 16.5. The van der Waals surface area contributed by atoms with Crippen LogP contribution in [0.2, 0.25) is 0 Å². The molecular formula is C20H27ClN6O. The zero-order chi connectivity index (χ0) is 19.8. The van der Waals surface area contributed by atoms with E-state index in [2.05, 4.69) is 25.7 Å². The molecule has 1 amide bonds. The van der Waals surface area contributed by atoms with Gasteiger partial charge in [-0.1, -0.05) is 0 Å². The van der Waals surface area contributed by atoms with Crippen LogP contribution in [0.15, 0.2) is 18.3 Å². The normalized spacial score (nSPS) is 28.4. The first kappa shape index (κ1) is 19.2. The first-order chi connectivity index (χ1) is 13.4. The zero-order valence-corrected chi connectivity index (χ0v) is 17.3. The first-order valence-corrected chi connectivity index (χ1v) is 10.4. The fourth-order valence-corrected chi connectivity index (χ4v) is 4.89. The van der Waals surface area contributed by atoms with E-state index >= 15 is 0 Å². The number of aryl methyl sites for hydroxylation is 2. The van der Waals surface area contributed by atoms with Crippen molar-refractivity contribution in [3.05, 3.63) is 24.0 Å². The van der Waals surface area contributed by atoms with Crippen LogP contribution in [0, 0.1) is 18.8 Å². The van der Waals surface area contributed by atoms with E-state index in [1.165, 1.54) is 0 Å². The van der Waals surface area contributed by atoms with Crippen LogP contribution >= 0.6 is 11.6 Å². The maximum atomic E-state index is 12.7. The summed E-state index contributed by atoms with van der Waals surface area (Å²) in [7, 11) is 1.90. The molecule has 1 aliphatic heterocycles. The van der Waals surface area contributed by atoms with E-state index in [-0.39, 0.29) is 29.3 Å². The predicted molar refractivity (Wildman–Crippen MR) is 109 cm³/mol. The molecule has 2 fully saturated rings. The number of aromatic nitrogens is 4. The number of carbonyl (C=O) groups is 1. The summed E-state index contributed by atoms with van der Waals surface area (Å²) in [4.78, 5) is 21.6. The minimum absolute atomic E-state index is 0.0693. The molecule has 2 N–H and O–H groups in total. The fourth-order valence-electron chi connectivity index (χ4n) is 4.54. The number of fused-ring (bicyclic) bond motifs is 1. The second kappa shape index (κ2) is 7.70. The van der Waals surface area contributed by atoms with Crippen LogP contribution < -0.4 is 10.6 Å². The Bertz CT molecular complexity index is 868. The Labute approximate surface area is 170 Å². The second-order valence-electron chi connectivity index (χ2n) is 8.12. The molecule has 2 aromatic heterocycles. The highest BCUT2D eigenvalue weighted by atomic mass is 35.5. The van der Waals surface area contributed by atoms with Crippen LogP contribution in [-0.2, 0) is 11.8 Å². The summed E-state index contributed by atoms with van der Waals surface area (Å²) in [6.07, 6.45) is 5.52. The average molecular weight is 403 g/mol. The molecule has 1 saturated heterocycles. The Morgan fingerprint density at radius 2 is 2.18 bits per heavy atom. The number of nitrogens with zero attached hydrogens (tertiary/aromatic N) is 4. The van der Waals surface area contributed by atoms with Gasteiger partial charge in [0.1, 0.15) is 0 Å². The number of anilines is 1. The van der Waals surface area contributed by atoms with Crippen molar-refractivity contribution in [3.8, 4) is 11.4 Å². The molecule has 1 aliphatic carbocycles. The summed E-state index contributed by atoms with van der Waals surface area (Å²) in [5.74, 6) is 0.979. The van der Waals surface area contributed by atoms with E-state index < -0.39 is 0 Å². The quantitative estimate of drug-likeness (QED) is 0.768. The van der Waals surface area contributed by atoms with E-state index in [1.807, 2.05) is 37.7 Å². The Morgan fingerprint density at radius 1 is 1.36 bits per heavy atom. The van der Waals surface area contributed by atoms with Crippen molar-refractivity contribution in [2.75, 3.05) is 5.32 Å². The molecule has 0 aromatic carbocycles. The Kier molecular flexibility index (Phi) is 5.27. The van der Waals surface area contributed by atoms with Gasteiger partial charge in [0.2, 0.25) is 11.9 Å². The van der Waals surface area contributed by atoms with Crippen LogP contribution in [0.5, 0.6) is 0 Å². The Balaban J connectivity index is 1.47. The third-order valence-electron chi connectivity index (χ3n) is 6.02. The number of alkyl halides is 1. The number of carbonyl (C=O) groups excluding carboxylic acids is 1. The topological polar surface area (TPSA) is 84.7 Å². The summed E-state index contributed by atoms with van der Waals surface area (Å²) < 4.78 is 1.81. The van der Waals surface area contributed by atoms with Crippen LogP contribution in [0.3, 0.4) is 0 Å². The molecule has 4 rings (SSSR count). The van der Waals surface area contributed by atoms with Gasteiger partial charge < -0.3 is 10.6 Å². The van der Waals surface area contributed by atoms with Crippen molar-refractivity contribution in [2.24, 2.45) is 18.9 Å². The lowest BCUT2D eigenvalue weighted by molar-refractivity contribution is -0.130. The van der Waals surface area contributed by atoms with E-state index in [0.717, 1.165) is 42.8 Å². The number of rotatable bonds is 4.